The van der Waals surface area contributed by atoms with Crippen molar-refractivity contribution in [3.05, 3.63) is 94.4 Å². The van der Waals surface area contributed by atoms with Crippen LogP contribution in [0, 0.1) is 17.6 Å². The van der Waals surface area contributed by atoms with E-state index >= 15 is 0 Å². The van der Waals surface area contributed by atoms with E-state index < -0.39 is 11.6 Å². The summed E-state index contributed by atoms with van der Waals surface area (Å²) < 4.78 is 48.9. The van der Waals surface area contributed by atoms with Crippen LogP contribution in [0.3, 0.4) is 0 Å². The van der Waals surface area contributed by atoms with E-state index in [1.54, 1.807) is 25.1 Å². The van der Waals surface area contributed by atoms with Crippen molar-refractivity contribution < 1.29 is 17.9 Å². The highest BCUT2D eigenvalue weighted by atomic mass is 19.2. The van der Waals surface area contributed by atoms with E-state index in [-0.39, 0.29) is 24.1 Å². The zero-order chi connectivity index (χ0) is 25.2. The zero-order valence-electron chi connectivity index (χ0n) is 21.1. The van der Waals surface area contributed by atoms with Gasteiger partial charge in [-0.05, 0) is 79.2 Å². The molecule has 0 atom stereocenters. The highest BCUT2D eigenvalue weighted by Gasteiger charge is 2.26. The van der Waals surface area contributed by atoms with Crippen molar-refractivity contribution in [2.24, 2.45) is 5.92 Å². The summed E-state index contributed by atoms with van der Waals surface area (Å²) in [6.45, 7) is 5.94. The van der Waals surface area contributed by atoms with Gasteiger partial charge in [0, 0.05) is 0 Å². The van der Waals surface area contributed by atoms with Crippen LogP contribution in [-0.2, 0) is 6.61 Å². The van der Waals surface area contributed by atoms with Crippen LogP contribution in [-0.4, -0.2) is 0 Å². The van der Waals surface area contributed by atoms with Gasteiger partial charge in [0.1, 0.15) is 12.4 Å². The highest BCUT2D eigenvalue weighted by molar-refractivity contribution is 5.52. The fourth-order valence-electron chi connectivity index (χ4n) is 4.86. The molecule has 2 aromatic carbocycles. The third-order valence-corrected chi connectivity index (χ3v) is 6.96. The third kappa shape index (κ3) is 7.37. The molecule has 2 aromatic rings. The Kier molecular flexibility index (Phi) is 10.3. The zero-order valence-corrected chi connectivity index (χ0v) is 21.1. The predicted octanol–water partition coefficient (Wildman–Crippen LogP) is 9.84. The molecule has 0 radical (unpaired) electrons. The van der Waals surface area contributed by atoms with Crippen LogP contribution in [0.1, 0.15) is 88.3 Å². The molecule has 0 saturated heterocycles. The Bertz CT molecular complexity index is 1040. The van der Waals surface area contributed by atoms with Gasteiger partial charge in [-0.3, -0.25) is 0 Å². The number of halogens is 3. The molecule has 1 aliphatic carbocycles. The largest absolute Gasteiger partial charge is 0.486 e. The number of hydrogen-bond donors (Lipinski definition) is 0. The molecular formula is C31H37F3O. The molecule has 35 heavy (non-hydrogen) atoms. The molecular weight excluding hydrogens is 445 g/mol. The average molecular weight is 483 g/mol. The average Bonchev–Trinajstić information content (AvgIpc) is 2.88. The third-order valence-electron chi connectivity index (χ3n) is 6.96. The van der Waals surface area contributed by atoms with Gasteiger partial charge in [0.15, 0.2) is 11.6 Å². The van der Waals surface area contributed by atoms with Crippen molar-refractivity contribution in [3.63, 3.8) is 0 Å². The molecule has 4 heteroatoms. The Balaban J connectivity index is 1.58. The van der Waals surface area contributed by atoms with E-state index in [2.05, 4.69) is 6.92 Å². The minimum absolute atomic E-state index is 0.0573. The van der Waals surface area contributed by atoms with E-state index in [0.29, 0.717) is 17.6 Å². The fourth-order valence-corrected chi connectivity index (χ4v) is 4.86. The first-order chi connectivity index (χ1) is 17.0. The summed E-state index contributed by atoms with van der Waals surface area (Å²) in [5, 5.41) is 0. The Morgan fingerprint density at radius 1 is 0.971 bits per heavy atom. The normalized spacial score (nSPS) is 19.4. The first kappa shape index (κ1) is 26.8. The van der Waals surface area contributed by atoms with Crippen LogP contribution < -0.4 is 4.74 Å². The lowest BCUT2D eigenvalue weighted by Gasteiger charge is -2.29. The lowest BCUT2D eigenvalue weighted by molar-refractivity contribution is 0.279. The molecule has 0 aliphatic heterocycles. The molecule has 188 valence electrons. The van der Waals surface area contributed by atoms with Crippen LogP contribution >= 0.6 is 0 Å². The standard InChI is InChI=1S/C31H37F3O/c1-4-8-22-15-17-26(18-16-22)27-19-20-29(31(34)30(27)33)35-21-24-13-11-23(12-14-24)9-7-10-25(5-2)28(32)6-3/h6-7,9-14,19-20,22,26H,4-5,8,15-18,21H2,1-3H3/b9-7+,25-10-,28-6+. The number of rotatable bonds is 10. The Morgan fingerprint density at radius 3 is 2.31 bits per heavy atom. The topological polar surface area (TPSA) is 9.23 Å². The molecule has 1 aliphatic rings. The summed E-state index contributed by atoms with van der Waals surface area (Å²) in [4.78, 5) is 0. The quantitative estimate of drug-likeness (QED) is 0.306. The van der Waals surface area contributed by atoms with E-state index in [0.717, 1.165) is 42.7 Å². The van der Waals surface area contributed by atoms with Gasteiger partial charge < -0.3 is 4.74 Å². The number of benzene rings is 2. The number of allylic oxidation sites excluding steroid dienone is 5. The van der Waals surface area contributed by atoms with Gasteiger partial charge in [-0.25, -0.2) is 8.78 Å². The molecule has 0 bridgehead atoms. The summed E-state index contributed by atoms with van der Waals surface area (Å²) in [7, 11) is 0. The second-order valence-electron chi connectivity index (χ2n) is 9.36. The van der Waals surface area contributed by atoms with Gasteiger partial charge in [0.05, 0.1) is 0 Å². The van der Waals surface area contributed by atoms with Crippen LogP contribution in [0.15, 0.2) is 66.0 Å². The maximum Gasteiger partial charge on any atom is 0.200 e. The van der Waals surface area contributed by atoms with E-state index in [9.17, 15) is 13.2 Å². The smallest absolute Gasteiger partial charge is 0.200 e. The molecule has 0 spiro atoms. The van der Waals surface area contributed by atoms with Crippen molar-refractivity contribution in [2.75, 3.05) is 0 Å². The Morgan fingerprint density at radius 2 is 1.69 bits per heavy atom. The fraction of sp³-hybridized carbons (Fsp3) is 0.419. The van der Waals surface area contributed by atoms with Crippen molar-refractivity contribution in [1.82, 2.24) is 0 Å². The van der Waals surface area contributed by atoms with Crippen molar-refractivity contribution in [1.29, 1.82) is 0 Å². The van der Waals surface area contributed by atoms with Gasteiger partial charge in [-0.2, -0.15) is 4.39 Å². The maximum atomic E-state index is 14.8. The summed E-state index contributed by atoms with van der Waals surface area (Å²) in [6.07, 6.45) is 14.0. The van der Waals surface area contributed by atoms with Crippen molar-refractivity contribution in [3.8, 4) is 5.75 Å². The SMILES string of the molecule is C\C=C(F)/C(=C\C=C\c1ccc(COc2ccc(C3CCC(CCC)CC3)c(F)c2F)cc1)CC. The van der Waals surface area contributed by atoms with Gasteiger partial charge in [0.25, 0.3) is 0 Å². The van der Waals surface area contributed by atoms with Gasteiger partial charge in [0.2, 0.25) is 5.82 Å². The molecule has 0 aromatic heterocycles. The summed E-state index contributed by atoms with van der Waals surface area (Å²) >= 11 is 0. The first-order valence-electron chi connectivity index (χ1n) is 12.9. The summed E-state index contributed by atoms with van der Waals surface area (Å²) in [5.74, 6) is -1.12. The van der Waals surface area contributed by atoms with Crippen LogP contribution in [0.25, 0.3) is 6.08 Å². The second-order valence-corrected chi connectivity index (χ2v) is 9.36. The number of ether oxygens (including phenoxy) is 1. The molecule has 1 saturated carbocycles. The van der Waals surface area contributed by atoms with Gasteiger partial charge >= 0.3 is 0 Å². The van der Waals surface area contributed by atoms with Gasteiger partial charge in [-0.1, -0.05) is 81.3 Å². The van der Waals surface area contributed by atoms with Crippen LogP contribution in [0.2, 0.25) is 0 Å². The predicted molar refractivity (Wildman–Crippen MR) is 139 cm³/mol. The Hall–Kier alpha value is -2.75. The summed E-state index contributed by atoms with van der Waals surface area (Å²) in [6, 6.07) is 10.8. The molecule has 0 heterocycles. The van der Waals surface area contributed by atoms with Crippen LogP contribution in [0.4, 0.5) is 13.2 Å². The Labute approximate surface area is 208 Å². The monoisotopic (exact) mass is 482 g/mol. The highest BCUT2D eigenvalue weighted by Crippen LogP contribution is 2.40. The van der Waals surface area contributed by atoms with E-state index in [1.165, 1.54) is 18.9 Å². The first-order valence-corrected chi connectivity index (χ1v) is 12.9. The number of hydrogen-bond acceptors (Lipinski definition) is 1. The summed E-state index contributed by atoms with van der Waals surface area (Å²) in [5.41, 5.74) is 2.94. The molecule has 0 amide bonds. The lowest BCUT2D eigenvalue weighted by Crippen LogP contribution is -2.15. The molecule has 3 rings (SSSR count). The molecule has 1 fully saturated rings. The van der Waals surface area contributed by atoms with E-state index in [4.69, 9.17) is 4.74 Å². The molecule has 0 unspecified atom stereocenters. The molecule has 0 N–H and O–H groups in total. The van der Waals surface area contributed by atoms with Crippen molar-refractivity contribution >= 4 is 6.08 Å². The van der Waals surface area contributed by atoms with Crippen LogP contribution in [0.5, 0.6) is 5.75 Å². The van der Waals surface area contributed by atoms with E-state index in [1.807, 2.05) is 43.3 Å². The minimum Gasteiger partial charge on any atom is -0.486 e. The minimum atomic E-state index is -0.899. The van der Waals surface area contributed by atoms with Crippen molar-refractivity contribution in [2.45, 2.75) is 78.2 Å². The molecule has 1 nitrogen and oxygen atoms in total. The van der Waals surface area contributed by atoms with Gasteiger partial charge in [-0.15, -0.1) is 0 Å². The lowest BCUT2D eigenvalue weighted by atomic mass is 9.77. The second kappa shape index (κ2) is 13.4. The maximum absolute atomic E-state index is 14.8.